The Labute approximate surface area is 166 Å². The molecule has 2 aromatic carbocycles. The van der Waals surface area contributed by atoms with Gasteiger partial charge in [0.1, 0.15) is 16.7 Å². The highest BCUT2D eigenvalue weighted by Gasteiger charge is 2.17. The molecule has 140 valence electrons. The maximum atomic E-state index is 11.4. The quantitative estimate of drug-likeness (QED) is 0.524. The molecule has 7 nitrogen and oxygen atoms in total. The van der Waals surface area contributed by atoms with E-state index in [1.165, 1.54) is 16.7 Å². The summed E-state index contributed by atoms with van der Waals surface area (Å²) in [5.74, 6) is -1.08. The third kappa shape index (κ3) is 3.50. The van der Waals surface area contributed by atoms with Crippen LogP contribution in [0.2, 0.25) is 0 Å². The van der Waals surface area contributed by atoms with Crippen molar-refractivity contribution in [2.45, 2.75) is 4.90 Å². The van der Waals surface area contributed by atoms with Crippen LogP contribution >= 0.6 is 11.3 Å². The Morgan fingerprint density at radius 2 is 1.79 bits per heavy atom. The van der Waals surface area contributed by atoms with Crippen LogP contribution in [0.4, 0.5) is 0 Å². The van der Waals surface area contributed by atoms with Crippen LogP contribution < -0.4 is 5.14 Å². The van der Waals surface area contributed by atoms with Crippen molar-refractivity contribution in [1.82, 2.24) is 14.8 Å². The van der Waals surface area contributed by atoms with E-state index < -0.39 is 17.0 Å². The van der Waals surface area contributed by atoms with Crippen molar-refractivity contribution in [3.05, 3.63) is 71.9 Å². The molecule has 2 aromatic heterocycles. The third-order valence-corrected chi connectivity index (χ3v) is 5.63. The van der Waals surface area contributed by atoms with Crippen molar-refractivity contribution in [1.29, 1.82) is 0 Å². The van der Waals surface area contributed by atoms with Crippen molar-refractivity contribution >= 4 is 28.3 Å². The van der Waals surface area contributed by atoms with E-state index in [-0.39, 0.29) is 5.69 Å². The second-order valence-corrected chi connectivity index (χ2v) is 7.75. The molecular formula is C19H14N4O3S2. The largest absolute Gasteiger partial charge is 0.476 e. The molecule has 0 radical (unpaired) electrons. The molecule has 0 fully saturated rings. The molecule has 28 heavy (non-hydrogen) atoms. The fraction of sp³-hybridized carbons (Fsp3) is 0. The molecule has 0 aliphatic heterocycles. The zero-order valence-corrected chi connectivity index (χ0v) is 16.0. The molecule has 0 amide bonds. The number of aromatic nitrogens is 3. The van der Waals surface area contributed by atoms with Gasteiger partial charge in [-0.15, -0.1) is 11.3 Å². The molecule has 0 saturated heterocycles. The number of carbonyl (C=O) groups is 1. The summed E-state index contributed by atoms with van der Waals surface area (Å²) in [4.78, 5) is 15.8. The Balaban J connectivity index is 1.84. The highest BCUT2D eigenvalue weighted by atomic mass is 32.2. The average Bonchev–Trinajstić information content (AvgIpc) is 3.36. The molecule has 1 unspecified atom stereocenters. The van der Waals surface area contributed by atoms with Gasteiger partial charge in [-0.1, -0.05) is 42.5 Å². The third-order valence-electron chi connectivity index (χ3n) is 4.07. The normalized spacial score (nSPS) is 12.0. The number of nitrogens with zero attached hydrogens (tertiary/aromatic N) is 3. The molecule has 0 aliphatic rings. The molecule has 4 rings (SSSR count). The number of thiazole rings is 1. The van der Waals surface area contributed by atoms with Crippen molar-refractivity contribution < 1.29 is 14.1 Å². The lowest BCUT2D eigenvalue weighted by atomic mass is 10.0. The summed E-state index contributed by atoms with van der Waals surface area (Å²) in [7, 11) is -1.55. The maximum absolute atomic E-state index is 11.4. The summed E-state index contributed by atoms with van der Waals surface area (Å²) in [5.41, 5.74) is 3.34. The number of carboxylic acid groups (broad SMARTS) is 1. The topological polar surface area (TPSA) is 111 Å². The minimum Gasteiger partial charge on any atom is -0.476 e. The number of benzene rings is 2. The predicted octanol–water partition coefficient (Wildman–Crippen LogP) is 3.34. The molecule has 4 aromatic rings. The zero-order chi connectivity index (χ0) is 19.7. The SMILES string of the molecule is NS(=O)c1ccc(-c2cn(-c3nc(C(=O)O)cs3)nc2-c2ccccc2)cc1. The maximum Gasteiger partial charge on any atom is 0.355 e. The number of carboxylic acids is 1. The minimum atomic E-state index is -1.55. The number of nitrogens with two attached hydrogens (primary N) is 1. The van der Waals surface area contributed by atoms with Gasteiger partial charge in [-0.25, -0.2) is 23.8 Å². The Hall–Kier alpha value is -3.14. The molecule has 1 atom stereocenters. The first-order valence-electron chi connectivity index (χ1n) is 8.14. The van der Waals surface area contributed by atoms with Gasteiger partial charge in [0, 0.05) is 22.7 Å². The summed E-state index contributed by atoms with van der Waals surface area (Å²) in [5, 5.41) is 21.1. The van der Waals surface area contributed by atoms with Crippen LogP contribution in [-0.2, 0) is 11.0 Å². The number of aromatic carboxylic acids is 1. The van der Waals surface area contributed by atoms with E-state index in [9.17, 15) is 9.00 Å². The molecule has 9 heteroatoms. The van der Waals surface area contributed by atoms with E-state index in [1.54, 1.807) is 23.0 Å². The lowest BCUT2D eigenvalue weighted by Gasteiger charge is -2.03. The molecule has 0 spiro atoms. The summed E-state index contributed by atoms with van der Waals surface area (Å²) in [6.45, 7) is 0. The monoisotopic (exact) mass is 410 g/mol. The van der Waals surface area contributed by atoms with E-state index in [2.05, 4.69) is 10.1 Å². The summed E-state index contributed by atoms with van der Waals surface area (Å²) in [6, 6.07) is 16.7. The van der Waals surface area contributed by atoms with Crippen molar-refractivity contribution in [2.75, 3.05) is 0 Å². The Morgan fingerprint density at radius 3 is 2.39 bits per heavy atom. The summed E-state index contributed by atoms with van der Waals surface area (Å²) < 4.78 is 13.0. The van der Waals surface area contributed by atoms with Gasteiger partial charge in [0.25, 0.3) is 0 Å². The van der Waals surface area contributed by atoms with Gasteiger partial charge in [-0.05, 0) is 17.7 Å². The van der Waals surface area contributed by atoms with Crippen LogP contribution in [0.25, 0.3) is 27.5 Å². The average molecular weight is 410 g/mol. The van der Waals surface area contributed by atoms with Gasteiger partial charge >= 0.3 is 5.97 Å². The van der Waals surface area contributed by atoms with E-state index >= 15 is 0 Å². The standard InChI is InChI=1S/C19H14N4O3S2/c20-28(26)14-8-6-12(7-9-14)15-10-23(19-21-16(11-27-19)18(24)25)22-17(15)13-4-2-1-3-5-13/h1-11H,20H2,(H,24,25). The molecule has 2 heterocycles. The molecular weight excluding hydrogens is 396 g/mol. The van der Waals surface area contributed by atoms with Crippen LogP contribution in [0.3, 0.4) is 0 Å². The number of rotatable bonds is 5. The van der Waals surface area contributed by atoms with E-state index in [0.29, 0.717) is 10.0 Å². The van der Waals surface area contributed by atoms with Gasteiger partial charge in [0.05, 0.1) is 4.90 Å². The van der Waals surface area contributed by atoms with Crippen LogP contribution in [0, 0.1) is 0 Å². The fourth-order valence-electron chi connectivity index (χ4n) is 2.73. The van der Waals surface area contributed by atoms with Gasteiger partial charge < -0.3 is 5.11 Å². The van der Waals surface area contributed by atoms with Crippen molar-refractivity contribution in [3.8, 4) is 27.5 Å². The second-order valence-electron chi connectivity index (χ2n) is 5.84. The van der Waals surface area contributed by atoms with Gasteiger partial charge in [0.2, 0.25) is 5.13 Å². The number of hydrogen-bond donors (Lipinski definition) is 2. The van der Waals surface area contributed by atoms with Crippen LogP contribution in [0.5, 0.6) is 0 Å². The lowest BCUT2D eigenvalue weighted by Crippen LogP contribution is -2.01. The van der Waals surface area contributed by atoms with Crippen LogP contribution in [0.1, 0.15) is 10.5 Å². The van der Waals surface area contributed by atoms with Gasteiger partial charge in [-0.3, -0.25) is 0 Å². The van der Waals surface area contributed by atoms with E-state index in [4.69, 9.17) is 10.2 Å². The molecule has 0 aliphatic carbocycles. The Bertz CT molecular complexity index is 1170. The van der Waals surface area contributed by atoms with E-state index in [1.807, 2.05) is 42.5 Å². The summed E-state index contributed by atoms with van der Waals surface area (Å²) >= 11 is 1.20. The molecule has 0 bridgehead atoms. The predicted molar refractivity (Wildman–Crippen MR) is 108 cm³/mol. The molecule has 0 saturated carbocycles. The van der Waals surface area contributed by atoms with Crippen molar-refractivity contribution in [2.24, 2.45) is 5.14 Å². The fourth-order valence-corrected chi connectivity index (χ4v) is 3.86. The summed E-state index contributed by atoms with van der Waals surface area (Å²) in [6.07, 6.45) is 1.81. The highest BCUT2D eigenvalue weighted by molar-refractivity contribution is 7.82. The minimum absolute atomic E-state index is 0.0203. The highest BCUT2D eigenvalue weighted by Crippen LogP contribution is 2.32. The van der Waals surface area contributed by atoms with E-state index in [0.717, 1.165) is 22.4 Å². The number of hydrogen-bond acceptors (Lipinski definition) is 5. The van der Waals surface area contributed by atoms with Crippen molar-refractivity contribution in [3.63, 3.8) is 0 Å². The van der Waals surface area contributed by atoms with Gasteiger partial charge in [-0.2, -0.15) is 5.10 Å². The van der Waals surface area contributed by atoms with Gasteiger partial charge in [0.15, 0.2) is 5.69 Å². The first-order valence-corrected chi connectivity index (χ1v) is 10.2. The second kappa shape index (κ2) is 7.47. The lowest BCUT2D eigenvalue weighted by molar-refractivity contribution is 0.0691. The van der Waals surface area contributed by atoms with Crippen LogP contribution in [0.15, 0.2) is 71.1 Å². The molecule has 3 N–H and O–H groups in total. The first kappa shape index (κ1) is 18.2. The van der Waals surface area contributed by atoms with Crippen LogP contribution in [-0.4, -0.2) is 30.0 Å². The smallest absolute Gasteiger partial charge is 0.355 e. The Morgan fingerprint density at radius 1 is 1.07 bits per heavy atom. The Kier molecular flexibility index (Phi) is 4.86. The first-order chi connectivity index (χ1) is 13.5. The zero-order valence-electron chi connectivity index (χ0n) is 14.4.